The molecule has 0 atom stereocenters. The molecule has 0 bridgehead atoms. The molecule has 2 aromatic carbocycles. The Kier molecular flexibility index (Phi) is 3.48. The zero-order chi connectivity index (χ0) is 13.3. The molecule has 2 N–H and O–H groups in total. The smallest absolute Gasteiger partial charge is 0.193 e. The lowest BCUT2D eigenvalue weighted by Gasteiger charge is -2.05. The first-order valence-electron chi connectivity index (χ1n) is 5.35. The summed E-state index contributed by atoms with van der Waals surface area (Å²) in [6, 6.07) is 9.36. The van der Waals surface area contributed by atoms with Gasteiger partial charge in [-0.3, -0.25) is 4.79 Å². The Balaban J connectivity index is 2.41. The molecule has 0 heterocycles. The topological polar surface area (TPSA) is 43.1 Å². The van der Waals surface area contributed by atoms with Gasteiger partial charge in [0.05, 0.1) is 5.69 Å². The van der Waals surface area contributed by atoms with E-state index in [9.17, 15) is 9.18 Å². The van der Waals surface area contributed by atoms with Gasteiger partial charge in [-0.15, -0.1) is 0 Å². The number of hydrogen-bond donors (Lipinski definition) is 1. The van der Waals surface area contributed by atoms with E-state index < -0.39 is 5.82 Å². The van der Waals surface area contributed by atoms with Crippen molar-refractivity contribution < 1.29 is 9.18 Å². The molecule has 2 aromatic rings. The third-order valence-corrected chi connectivity index (χ3v) is 3.55. The van der Waals surface area contributed by atoms with Gasteiger partial charge in [0.1, 0.15) is 5.82 Å². The fourth-order valence-electron chi connectivity index (χ4n) is 1.57. The van der Waals surface area contributed by atoms with Crippen LogP contribution in [0.15, 0.2) is 40.9 Å². The normalized spacial score (nSPS) is 10.4. The van der Waals surface area contributed by atoms with Crippen LogP contribution in [0.4, 0.5) is 10.1 Å². The Morgan fingerprint density at radius 1 is 1.17 bits per heavy atom. The number of ketones is 1. The summed E-state index contributed by atoms with van der Waals surface area (Å²) in [5, 5.41) is 0. The number of rotatable bonds is 2. The number of carbonyl (C=O) groups is 1. The van der Waals surface area contributed by atoms with Gasteiger partial charge in [-0.1, -0.05) is 28.1 Å². The number of anilines is 1. The molecular weight excluding hydrogens is 297 g/mol. The Bertz CT molecular complexity index is 572. The molecule has 0 aliphatic rings. The minimum Gasteiger partial charge on any atom is -0.396 e. The van der Waals surface area contributed by atoms with Crippen molar-refractivity contribution in [3.05, 3.63) is 63.4 Å². The highest BCUT2D eigenvalue weighted by Gasteiger charge is 2.12. The standard InChI is InChI=1S/C14H11BrFNO/c1-8-2-3-9(6-11(8)15)14(18)10-4-5-13(17)12(16)7-10/h2-7H,17H2,1H3. The van der Waals surface area contributed by atoms with Crippen LogP contribution >= 0.6 is 15.9 Å². The van der Waals surface area contributed by atoms with Crippen LogP contribution in [0, 0.1) is 12.7 Å². The number of carbonyl (C=O) groups excluding carboxylic acids is 1. The molecule has 92 valence electrons. The lowest BCUT2D eigenvalue weighted by Crippen LogP contribution is -2.03. The van der Waals surface area contributed by atoms with Crippen molar-refractivity contribution in [2.45, 2.75) is 6.92 Å². The summed E-state index contributed by atoms with van der Waals surface area (Å²) in [6.45, 7) is 1.93. The molecule has 2 rings (SSSR count). The van der Waals surface area contributed by atoms with Crippen LogP contribution in [0.25, 0.3) is 0 Å². The second-order valence-corrected chi connectivity index (χ2v) is 4.88. The third kappa shape index (κ3) is 2.43. The predicted molar refractivity (Wildman–Crippen MR) is 73.1 cm³/mol. The van der Waals surface area contributed by atoms with E-state index in [4.69, 9.17) is 5.73 Å². The van der Waals surface area contributed by atoms with E-state index >= 15 is 0 Å². The average molecular weight is 308 g/mol. The van der Waals surface area contributed by atoms with Gasteiger partial charge < -0.3 is 5.73 Å². The van der Waals surface area contributed by atoms with Gasteiger partial charge in [0.2, 0.25) is 0 Å². The number of nitrogen functional groups attached to an aromatic ring is 1. The summed E-state index contributed by atoms with van der Waals surface area (Å²) in [7, 11) is 0. The van der Waals surface area contributed by atoms with Crippen LogP contribution in [-0.4, -0.2) is 5.78 Å². The molecule has 0 saturated carbocycles. The lowest BCUT2D eigenvalue weighted by molar-refractivity contribution is 0.103. The Labute approximate surface area is 113 Å². The maximum atomic E-state index is 13.3. The van der Waals surface area contributed by atoms with E-state index in [0.29, 0.717) is 5.56 Å². The van der Waals surface area contributed by atoms with Crippen LogP contribution < -0.4 is 5.73 Å². The monoisotopic (exact) mass is 307 g/mol. The maximum Gasteiger partial charge on any atom is 0.193 e. The molecule has 0 aliphatic carbocycles. The van der Waals surface area contributed by atoms with Crippen LogP contribution in [0.1, 0.15) is 21.5 Å². The number of benzene rings is 2. The number of aryl methyl sites for hydroxylation is 1. The summed E-state index contributed by atoms with van der Waals surface area (Å²) < 4.78 is 14.2. The first-order chi connectivity index (χ1) is 8.49. The molecule has 18 heavy (non-hydrogen) atoms. The summed E-state index contributed by atoms with van der Waals surface area (Å²) >= 11 is 3.37. The number of hydrogen-bond acceptors (Lipinski definition) is 2. The van der Waals surface area contributed by atoms with Gasteiger partial charge in [0.15, 0.2) is 5.78 Å². The van der Waals surface area contributed by atoms with Crippen molar-refractivity contribution >= 4 is 27.4 Å². The molecule has 0 aliphatic heterocycles. The van der Waals surface area contributed by atoms with E-state index in [1.54, 1.807) is 12.1 Å². The molecule has 0 radical (unpaired) electrons. The van der Waals surface area contributed by atoms with Crippen molar-refractivity contribution in [3.8, 4) is 0 Å². The van der Waals surface area contributed by atoms with Gasteiger partial charge in [0.25, 0.3) is 0 Å². The lowest BCUT2D eigenvalue weighted by atomic mass is 10.0. The first-order valence-corrected chi connectivity index (χ1v) is 6.14. The third-order valence-electron chi connectivity index (χ3n) is 2.70. The average Bonchev–Trinajstić information content (AvgIpc) is 2.35. The number of nitrogens with two attached hydrogens (primary N) is 1. The van der Waals surface area contributed by atoms with Gasteiger partial charge in [-0.2, -0.15) is 0 Å². The van der Waals surface area contributed by atoms with Crippen molar-refractivity contribution in [2.75, 3.05) is 5.73 Å². The van der Waals surface area contributed by atoms with Crippen molar-refractivity contribution in [3.63, 3.8) is 0 Å². The zero-order valence-corrected chi connectivity index (χ0v) is 11.3. The highest BCUT2D eigenvalue weighted by molar-refractivity contribution is 9.10. The fourth-order valence-corrected chi connectivity index (χ4v) is 1.95. The van der Waals surface area contributed by atoms with Crippen LogP contribution in [0.5, 0.6) is 0 Å². The highest BCUT2D eigenvalue weighted by Crippen LogP contribution is 2.21. The summed E-state index contributed by atoms with van der Waals surface area (Å²) in [4.78, 5) is 12.1. The van der Waals surface area contributed by atoms with Crippen LogP contribution in [-0.2, 0) is 0 Å². The van der Waals surface area contributed by atoms with E-state index in [-0.39, 0.29) is 17.0 Å². The van der Waals surface area contributed by atoms with E-state index in [1.807, 2.05) is 13.0 Å². The van der Waals surface area contributed by atoms with Crippen LogP contribution in [0.3, 0.4) is 0 Å². The molecule has 0 aromatic heterocycles. The van der Waals surface area contributed by atoms with Gasteiger partial charge >= 0.3 is 0 Å². The molecule has 4 heteroatoms. The minimum atomic E-state index is -0.577. The predicted octanol–water partition coefficient (Wildman–Crippen LogP) is 3.71. The fraction of sp³-hybridized carbons (Fsp3) is 0.0714. The van der Waals surface area contributed by atoms with Crippen molar-refractivity contribution in [2.24, 2.45) is 0 Å². The highest BCUT2D eigenvalue weighted by atomic mass is 79.9. The molecule has 0 amide bonds. The summed E-state index contributed by atoms with van der Waals surface area (Å²) in [6.07, 6.45) is 0. The second kappa shape index (κ2) is 4.90. The number of halogens is 2. The first kappa shape index (κ1) is 12.8. The SMILES string of the molecule is Cc1ccc(C(=O)c2ccc(N)c(F)c2)cc1Br. The van der Waals surface area contributed by atoms with Gasteiger partial charge in [0, 0.05) is 15.6 Å². The quantitative estimate of drug-likeness (QED) is 0.679. The Morgan fingerprint density at radius 2 is 1.78 bits per heavy atom. The minimum absolute atomic E-state index is 0.0386. The van der Waals surface area contributed by atoms with Gasteiger partial charge in [-0.25, -0.2) is 4.39 Å². The van der Waals surface area contributed by atoms with Crippen LogP contribution in [0.2, 0.25) is 0 Å². The van der Waals surface area contributed by atoms with Gasteiger partial charge in [-0.05, 0) is 36.8 Å². The zero-order valence-electron chi connectivity index (χ0n) is 9.71. The molecule has 0 fully saturated rings. The van der Waals surface area contributed by atoms with Crippen molar-refractivity contribution in [1.82, 2.24) is 0 Å². The Morgan fingerprint density at radius 3 is 2.39 bits per heavy atom. The van der Waals surface area contributed by atoms with Crippen molar-refractivity contribution in [1.29, 1.82) is 0 Å². The summed E-state index contributed by atoms with van der Waals surface area (Å²) in [5.74, 6) is -0.804. The molecule has 0 unspecified atom stereocenters. The Hall–Kier alpha value is -1.68. The molecular formula is C14H11BrFNO. The molecule has 0 saturated heterocycles. The second-order valence-electron chi connectivity index (χ2n) is 4.03. The molecule has 0 spiro atoms. The van der Waals surface area contributed by atoms with E-state index in [2.05, 4.69) is 15.9 Å². The molecule has 2 nitrogen and oxygen atoms in total. The van der Waals surface area contributed by atoms with E-state index in [0.717, 1.165) is 16.1 Å². The maximum absolute atomic E-state index is 13.3. The largest absolute Gasteiger partial charge is 0.396 e. The van der Waals surface area contributed by atoms with E-state index in [1.165, 1.54) is 12.1 Å². The summed E-state index contributed by atoms with van der Waals surface area (Å²) in [5.41, 5.74) is 7.25.